The van der Waals surface area contributed by atoms with Gasteiger partial charge in [0.1, 0.15) is 11.3 Å². The van der Waals surface area contributed by atoms with E-state index in [4.69, 9.17) is 10.2 Å². The molecule has 96 valence electrons. The Morgan fingerprint density at radius 3 is 2.83 bits per heavy atom. The maximum absolute atomic E-state index is 6.37. The van der Waals surface area contributed by atoms with Gasteiger partial charge in [-0.3, -0.25) is 0 Å². The second-order valence-electron chi connectivity index (χ2n) is 5.89. The SMILES string of the molecule is Cc1ccc2oc(C(N)C3CCC(C)C3)cc2c1. The van der Waals surface area contributed by atoms with Crippen molar-refractivity contribution < 1.29 is 4.42 Å². The van der Waals surface area contributed by atoms with Crippen LogP contribution < -0.4 is 5.73 Å². The molecule has 0 bridgehead atoms. The minimum Gasteiger partial charge on any atom is -0.459 e. The lowest BCUT2D eigenvalue weighted by atomic mass is 9.95. The van der Waals surface area contributed by atoms with Crippen LogP contribution in [0.3, 0.4) is 0 Å². The number of hydrogen-bond donors (Lipinski definition) is 1. The van der Waals surface area contributed by atoms with Gasteiger partial charge in [0.15, 0.2) is 0 Å². The van der Waals surface area contributed by atoms with Gasteiger partial charge in [-0.1, -0.05) is 25.0 Å². The number of benzene rings is 1. The highest BCUT2D eigenvalue weighted by Crippen LogP contribution is 2.38. The highest BCUT2D eigenvalue weighted by molar-refractivity contribution is 5.78. The van der Waals surface area contributed by atoms with E-state index in [0.717, 1.165) is 17.3 Å². The summed E-state index contributed by atoms with van der Waals surface area (Å²) in [5.74, 6) is 2.35. The first-order chi connectivity index (χ1) is 8.63. The summed E-state index contributed by atoms with van der Waals surface area (Å²) in [6.45, 7) is 4.42. The van der Waals surface area contributed by atoms with E-state index in [9.17, 15) is 0 Å². The van der Waals surface area contributed by atoms with Crippen LogP contribution in [0.5, 0.6) is 0 Å². The molecule has 2 heteroatoms. The highest BCUT2D eigenvalue weighted by atomic mass is 16.3. The Hall–Kier alpha value is -1.28. The average Bonchev–Trinajstić information content (AvgIpc) is 2.93. The molecule has 0 spiro atoms. The minimum atomic E-state index is 0.0580. The molecule has 0 radical (unpaired) electrons. The van der Waals surface area contributed by atoms with Crippen molar-refractivity contribution in [1.29, 1.82) is 0 Å². The molecule has 2 N–H and O–H groups in total. The van der Waals surface area contributed by atoms with Gasteiger partial charge in [-0.15, -0.1) is 0 Å². The van der Waals surface area contributed by atoms with Crippen molar-refractivity contribution in [3.8, 4) is 0 Å². The lowest BCUT2D eigenvalue weighted by Crippen LogP contribution is -2.18. The Labute approximate surface area is 108 Å². The Bertz CT molecular complexity index is 557. The number of hydrogen-bond acceptors (Lipinski definition) is 2. The molecule has 1 aliphatic rings. The topological polar surface area (TPSA) is 39.2 Å². The Morgan fingerprint density at radius 1 is 1.28 bits per heavy atom. The number of furan rings is 1. The third-order valence-electron chi connectivity index (χ3n) is 4.26. The van der Waals surface area contributed by atoms with Gasteiger partial charge in [-0.2, -0.15) is 0 Å². The van der Waals surface area contributed by atoms with Gasteiger partial charge in [0, 0.05) is 5.39 Å². The summed E-state index contributed by atoms with van der Waals surface area (Å²) in [6.07, 6.45) is 3.77. The summed E-state index contributed by atoms with van der Waals surface area (Å²) in [5, 5.41) is 1.17. The zero-order valence-corrected chi connectivity index (χ0v) is 11.1. The normalized spacial score (nSPS) is 25.7. The minimum absolute atomic E-state index is 0.0580. The summed E-state index contributed by atoms with van der Waals surface area (Å²) in [7, 11) is 0. The molecule has 1 aromatic heterocycles. The van der Waals surface area contributed by atoms with Crippen molar-refractivity contribution >= 4 is 11.0 Å². The van der Waals surface area contributed by atoms with Crippen LogP contribution in [0.15, 0.2) is 28.7 Å². The standard InChI is InChI=1S/C16H21NO/c1-10-3-5-12(7-10)16(17)15-9-13-8-11(2)4-6-14(13)18-15/h4,6,8-10,12,16H,3,5,7,17H2,1-2H3. The van der Waals surface area contributed by atoms with Gasteiger partial charge in [0.25, 0.3) is 0 Å². The molecule has 3 rings (SSSR count). The van der Waals surface area contributed by atoms with E-state index in [1.54, 1.807) is 0 Å². The third kappa shape index (κ3) is 2.05. The summed E-state index contributed by atoms with van der Waals surface area (Å²) < 4.78 is 5.91. The summed E-state index contributed by atoms with van der Waals surface area (Å²) in [6, 6.07) is 8.46. The molecule has 3 atom stereocenters. The van der Waals surface area contributed by atoms with Crippen molar-refractivity contribution in [3.05, 3.63) is 35.6 Å². The second-order valence-corrected chi connectivity index (χ2v) is 5.89. The molecule has 1 saturated carbocycles. The second kappa shape index (κ2) is 4.43. The molecule has 18 heavy (non-hydrogen) atoms. The predicted molar refractivity (Wildman–Crippen MR) is 74.4 cm³/mol. The molecule has 1 aromatic carbocycles. The van der Waals surface area contributed by atoms with Crippen LogP contribution in [0, 0.1) is 18.8 Å². The van der Waals surface area contributed by atoms with Gasteiger partial charge in [-0.25, -0.2) is 0 Å². The Kier molecular flexibility index (Phi) is 2.90. The van der Waals surface area contributed by atoms with E-state index in [0.29, 0.717) is 5.92 Å². The Morgan fingerprint density at radius 2 is 2.11 bits per heavy atom. The fourth-order valence-corrected chi connectivity index (χ4v) is 3.16. The molecule has 3 unspecified atom stereocenters. The molecule has 0 saturated heterocycles. The van der Waals surface area contributed by atoms with Crippen LogP contribution >= 0.6 is 0 Å². The van der Waals surface area contributed by atoms with Crippen LogP contribution in [0.1, 0.15) is 43.6 Å². The van der Waals surface area contributed by atoms with Crippen LogP contribution in [-0.2, 0) is 0 Å². The summed E-state index contributed by atoms with van der Waals surface area (Å²) >= 11 is 0. The smallest absolute Gasteiger partial charge is 0.134 e. The van der Waals surface area contributed by atoms with Gasteiger partial charge in [-0.05, 0) is 49.8 Å². The summed E-state index contributed by atoms with van der Waals surface area (Å²) in [4.78, 5) is 0. The maximum atomic E-state index is 6.37. The first-order valence-electron chi connectivity index (χ1n) is 6.89. The van der Waals surface area contributed by atoms with Crippen molar-refractivity contribution in [2.75, 3.05) is 0 Å². The fourth-order valence-electron chi connectivity index (χ4n) is 3.16. The molecular weight excluding hydrogens is 222 g/mol. The number of nitrogens with two attached hydrogens (primary N) is 1. The number of aryl methyl sites for hydroxylation is 1. The fraction of sp³-hybridized carbons (Fsp3) is 0.500. The predicted octanol–water partition coefficient (Wildman–Crippen LogP) is 4.18. The summed E-state index contributed by atoms with van der Waals surface area (Å²) in [5.41, 5.74) is 8.59. The van der Waals surface area contributed by atoms with Gasteiger partial charge in [0.05, 0.1) is 6.04 Å². The number of fused-ring (bicyclic) bond motifs is 1. The molecule has 1 aliphatic carbocycles. The first kappa shape index (κ1) is 11.8. The van der Waals surface area contributed by atoms with E-state index < -0.39 is 0 Å². The molecule has 1 fully saturated rings. The van der Waals surface area contributed by atoms with E-state index in [1.807, 2.05) is 6.07 Å². The maximum Gasteiger partial charge on any atom is 0.134 e. The van der Waals surface area contributed by atoms with Crippen LogP contribution in [0.25, 0.3) is 11.0 Å². The molecular formula is C16H21NO. The van der Waals surface area contributed by atoms with Gasteiger partial charge >= 0.3 is 0 Å². The first-order valence-corrected chi connectivity index (χ1v) is 6.89. The van der Waals surface area contributed by atoms with Gasteiger partial charge < -0.3 is 10.2 Å². The van der Waals surface area contributed by atoms with Crippen molar-refractivity contribution in [2.24, 2.45) is 17.6 Å². The van der Waals surface area contributed by atoms with Gasteiger partial charge in [0.2, 0.25) is 0 Å². The third-order valence-corrected chi connectivity index (χ3v) is 4.26. The molecule has 0 aliphatic heterocycles. The van der Waals surface area contributed by atoms with E-state index in [-0.39, 0.29) is 6.04 Å². The van der Waals surface area contributed by atoms with Crippen LogP contribution in [0.4, 0.5) is 0 Å². The lowest BCUT2D eigenvalue weighted by Gasteiger charge is -2.16. The van der Waals surface area contributed by atoms with Crippen molar-refractivity contribution in [2.45, 2.75) is 39.2 Å². The largest absolute Gasteiger partial charge is 0.459 e. The number of rotatable bonds is 2. The zero-order valence-electron chi connectivity index (χ0n) is 11.1. The van der Waals surface area contributed by atoms with E-state index in [2.05, 4.69) is 32.0 Å². The molecule has 0 amide bonds. The van der Waals surface area contributed by atoms with E-state index in [1.165, 1.54) is 30.2 Å². The average molecular weight is 243 g/mol. The van der Waals surface area contributed by atoms with E-state index >= 15 is 0 Å². The van der Waals surface area contributed by atoms with Crippen LogP contribution in [-0.4, -0.2) is 0 Å². The van der Waals surface area contributed by atoms with Crippen LogP contribution in [0.2, 0.25) is 0 Å². The zero-order chi connectivity index (χ0) is 12.7. The lowest BCUT2D eigenvalue weighted by molar-refractivity contribution is 0.371. The molecule has 2 aromatic rings. The highest BCUT2D eigenvalue weighted by Gasteiger charge is 2.29. The quantitative estimate of drug-likeness (QED) is 0.859. The molecule has 1 heterocycles. The Balaban J connectivity index is 1.89. The van der Waals surface area contributed by atoms with Crippen molar-refractivity contribution in [1.82, 2.24) is 0 Å². The molecule has 2 nitrogen and oxygen atoms in total. The van der Waals surface area contributed by atoms with Crippen molar-refractivity contribution in [3.63, 3.8) is 0 Å². The monoisotopic (exact) mass is 243 g/mol.